The highest BCUT2D eigenvalue weighted by atomic mass is 79.9. The van der Waals surface area contributed by atoms with Gasteiger partial charge in [-0.15, -0.1) is 0 Å². The maximum atomic E-state index is 5.80. The average Bonchev–Trinajstić information content (AvgIpc) is 2.33. The van der Waals surface area contributed by atoms with Gasteiger partial charge in [-0.2, -0.15) is 0 Å². The number of halogens is 1. The van der Waals surface area contributed by atoms with Crippen molar-refractivity contribution in [2.75, 3.05) is 0 Å². The van der Waals surface area contributed by atoms with Crippen LogP contribution in [0, 0.1) is 6.92 Å². The van der Waals surface area contributed by atoms with Gasteiger partial charge < -0.3 is 4.74 Å². The van der Waals surface area contributed by atoms with Gasteiger partial charge in [0.05, 0.1) is 4.47 Å². The second-order valence-electron chi connectivity index (χ2n) is 4.63. The molecule has 3 heteroatoms. The molecular formula is C15H16BrNO. The summed E-state index contributed by atoms with van der Waals surface area (Å²) in [6.45, 7) is 6.33. The van der Waals surface area contributed by atoms with Crippen LogP contribution in [0.1, 0.15) is 30.9 Å². The topological polar surface area (TPSA) is 22.1 Å². The molecule has 0 N–H and O–H groups in total. The Morgan fingerprint density at radius 2 is 2.00 bits per heavy atom. The summed E-state index contributed by atoms with van der Waals surface area (Å²) in [6.07, 6.45) is 1.80. The molecule has 0 fully saturated rings. The third-order valence-electron chi connectivity index (χ3n) is 2.68. The van der Waals surface area contributed by atoms with E-state index in [2.05, 4.69) is 46.9 Å². The number of ether oxygens (including phenoxy) is 1. The van der Waals surface area contributed by atoms with Crippen LogP contribution in [0.2, 0.25) is 0 Å². The summed E-state index contributed by atoms with van der Waals surface area (Å²) in [7, 11) is 0. The molecule has 0 saturated carbocycles. The van der Waals surface area contributed by atoms with Crippen molar-refractivity contribution in [1.82, 2.24) is 4.98 Å². The van der Waals surface area contributed by atoms with E-state index in [1.54, 1.807) is 6.20 Å². The number of aromatic nitrogens is 1. The van der Waals surface area contributed by atoms with Gasteiger partial charge in [0.25, 0.3) is 0 Å². The Morgan fingerprint density at radius 1 is 1.22 bits per heavy atom. The first kappa shape index (κ1) is 13.1. The second kappa shape index (κ2) is 5.53. The quantitative estimate of drug-likeness (QED) is 0.790. The zero-order valence-electron chi connectivity index (χ0n) is 10.8. The average molecular weight is 306 g/mol. The van der Waals surface area contributed by atoms with E-state index in [0.29, 0.717) is 11.8 Å². The molecule has 1 aromatic heterocycles. The summed E-state index contributed by atoms with van der Waals surface area (Å²) in [4.78, 5) is 4.28. The van der Waals surface area contributed by atoms with Crippen LogP contribution in [-0.4, -0.2) is 4.98 Å². The summed E-state index contributed by atoms with van der Waals surface area (Å²) in [5, 5.41) is 0. The van der Waals surface area contributed by atoms with E-state index < -0.39 is 0 Å². The van der Waals surface area contributed by atoms with Crippen molar-refractivity contribution in [3.8, 4) is 11.6 Å². The number of aryl methyl sites for hydroxylation is 1. The molecule has 94 valence electrons. The van der Waals surface area contributed by atoms with Gasteiger partial charge in [-0.3, -0.25) is 0 Å². The van der Waals surface area contributed by atoms with Crippen molar-refractivity contribution >= 4 is 15.9 Å². The van der Waals surface area contributed by atoms with E-state index in [9.17, 15) is 0 Å². The van der Waals surface area contributed by atoms with Crippen molar-refractivity contribution in [3.63, 3.8) is 0 Å². The molecule has 2 nitrogen and oxygen atoms in total. The minimum Gasteiger partial charge on any atom is -0.438 e. The third-order valence-corrected chi connectivity index (χ3v) is 3.25. The lowest BCUT2D eigenvalue weighted by atomic mass is 10.0. The smallest absolute Gasteiger partial charge is 0.233 e. The highest BCUT2D eigenvalue weighted by Crippen LogP contribution is 2.29. The minimum atomic E-state index is 0.489. The maximum absolute atomic E-state index is 5.80. The molecule has 0 bridgehead atoms. The zero-order chi connectivity index (χ0) is 13.1. The Morgan fingerprint density at radius 3 is 2.67 bits per heavy atom. The molecule has 1 aromatic carbocycles. The second-order valence-corrected chi connectivity index (χ2v) is 5.48. The minimum absolute atomic E-state index is 0.489. The van der Waals surface area contributed by atoms with Crippen molar-refractivity contribution in [3.05, 3.63) is 52.1 Å². The molecule has 0 unspecified atom stereocenters. The molecule has 0 amide bonds. The van der Waals surface area contributed by atoms with Crippen LogP contribution >= 0.6 is 15.9 Å². The van der Waals surface area contributed by atoms with Crippen LogP contribution in [0.15, 0.2) is 41.0 Å². The van der Waals surface area contributed by atoms with Gasteiger partial charge in [0.2, 0.25) is 5.88 Å². The first-order valence-electron chi connectivity index (χ1n) is 5.96. The van der Waals surface area contributed by atoms with Crippen molar-refractivity contribution < 1.29 is 4.74 Å². The van der Waals surface area contributed by atoms with Crippen LogP contribution < -0.4 is 4.74 Å². The molecule has 0 spiro atoms. The fourth-order valence-corrected chi connectivity index (χ4v) is 2.19. The summed E-state index contributed by atoms with van der Waals surface area (Å²) in [6, 6.07) is 10.1. The molecule has 0 aliphatic carbocycles. The number of nitrogens with zero attached hydrogens (tertiary/aromatic N) is 1. The number of hydrogen-bond acceptors (Lipinski definition) is 2. The predicted octanol–water partition coefficient (Wildman–Crippen LogP) is 5.07. The molecule has 0 aliphatic heterocycles. The SMILES string of the molecule is Cc1cnc(Oc2cccc(C(C)C)c2)c(Br)c1. The van der Waals surface area contributed by atoms with E-state index in [1.165, 1.54) is 5.56 Å². The Labute approximate surface area is 116 Å². The zero-order valence-corrected chi connectivity index (χ0v) is 12.4. The van der Waals surface area contributed by atoms with Gasteiger partial charge in [-0.25, -0.2) is 4.98 Å². The third kappa shape index (κ3) is 3.10. The molecular weight excluding hydrogens is 290 g/mol. The molecule has 0 atom stereocenters. The standard InChI is InChI=1S/C15H16BrNO/c1-10(2)12-5-4-6-13(8-12)18-15-14(16)7-11(3)9-17-15/h4-10H,1-3H3. The van der Waals surface area contributed by atoms with Crippen LogP contribution in [0.25, 0.3) is 0 Å². The van der Waals surface area contributed by atoms with Gasteiger partial charge in [0.15, 0.2) is 0 Å². The number of benzene rings is 1. The molecule has 0 radical (unpaired) electrons. The van der Waals surface area contributed by atoms with Crippen LogP contribution in [-0.2, 0) is 0 Å². The van der Waals surface area contributed by atoms with E-state index in [4.69, 9.17) is 4.74 Å². The maximum Gasteiger partial charge on any atom is 0.233 e. The largest absolute Gasteiger partial charge is 0.438 e. The van der Waals surface area contributed by atoms with Gasteiger partial charge in [-0.05, 0) is 58.1 Å². The van der Waals surface area contributed by atoms with E-state index in [-0.39, 0.29) is 0 Å². The normalized spacial score (nSPS) is 10.7. The lowest BCUT2D eigenvalue weighted by molar-refractivity contribution is 0.458. The fraction of sp³-hybridized carbons (Fsp3) is 0.267. The van der Waals surface area contributed by atoms with Gasteiger partial charge in [-0.1, -0.05) is 26.0 Å². The summed E-state index contributed by atoms with van der Waals surface area (Å²) in [5.74, 6) is 1.91. The molecule has 1 heterocycles. The highest BCUT2D eigenvalue weighted by Gasteiger charge is 2.06. The lowest BCUT2D eigenvalue weighted by Gasteiger charge is -2.10. The Bertz CT molecular complexity index is 552. The summed E-state index contributed by atoms with van der Waals surface area (Å²) in [5.41, 5.74) is 2.36. The number of rotatable bonds is 3. The molecule has 0 aliphatic rings. The number of pyridine rings is 1. The monoisotopic (exact) mass is 305 g/mol. The first-order chi connectivity index (χ1) is 8.56. The van der Waals surface area contributed by atoms with Gasteiger partial charge >= 0.3 is 0 Å². The Balaban J connectivity index is 2.25. The van der Waals surface area contributed by atoms with Gasteiger partial charge in [0.1, 0.15) is 5.75 Å². The van der Waals surface area contributed by atoms with Gasteiger partial charge in [0, 0.05) is 6.20 Å². The van der Waals surface area contributed by atoms with Crippen molar-refractivity contribution in [1.29, 1.82) is 0 Å². The first-order valence-corrected chi connectivity index (χ1v) is 6.75. The molecule has 0 saturated heterocycles. The summed E-state index contributed by atoms with van der Waals surface area (Å²) >= 11 is 3.46. The Hall–Kier alpha value is -1.35. The Kier molecular flexibility index (Phi) is 4.02. The van der Waals surface area contributed by atoms with Crippen LogP contribution in [0.5, 0.6) is 11.6 Å². The van der Waals surface area contributed by atoms with Crippen molar-refractivity contribution in [2.45, 2.75) is 26.7 Å². The molecule has 2 aromatic rings. The molecule has 2 rings (SSSR count). The molecule has 18 heavy (non-hydrogen) atoms. The highest BCUT2D eigenvalue weighted by molar-refractivity contribution is 9.10. The van der Waals surface area contributed by atoms with E-state index in [1.807, 2.05) is 25.1 Å². The van der Waals surface area contributed by atoms with E-state index >= 15 is 0 Å². The van der Waals surface area contributed by atoms with Crippen molar-refractivity contribution in [2.24, 2.45) is 0 Å². The van der Waals surface area contributed by atoms with E-state index in [0.717, 1.165) is 15.8 Å². The van der Waals surface area contributed by atoms with Crippen LogP contribution in [0.3, 0.4) is 0 Å². The summed E-state index contributed by atoms with van der Waals surface area (Å²) < 4.78 is 6.67. The predicted molar refractivity (Wildman–Crippen MR) is 77.3 cm³/mol. The number of hydrogen-bond donors (Lipinski definition) is 0. The van der Waals surface area contributed by atoms with Crippen LogP contribution in [0.4, 0.5) is 0 Å². The fourth-order valence-electron chi connectivity index (χ4n) is 1.64. The lowest BCUT2D eigenvalue weighted by Crippen LogP contribution is -1.92.